The molecule has 3 nitrogen and oxygen atoms in total. The van der Waals surface area contributed by atoms with E-state index in [0.29, 0.717) is 11.5 Å². The van der Waals surface area contributed by atoms with Gasteiger partial charge in [-0.3, -0.25) is 4.79 Å². The van der Waals surface area contributed by atoms with Crippen molar-refractivity contribution in [2.75, 3.05) is 13.1 Å². The lowest BCUT2D eigenvalue weighted by atomic mass is 9.94. The lowest BCUT2D eigenvalue weighted by molar-refractivity contribution is 0.0915. The summed E-state index contributed by atoms with van der Waals surface area (Å²) in [4.78, 5) is 11.9. The van der Waals surface area contributed by atoms with Gasteiger partial charge in [0.15, 0.2) is 0 Å². The standard InChI is InChI=1S/C13H17FN2O/c1-9-6-7-15-8-12(9)16-13(17)10-2-4-11(14)5-3-10/h2-5,9,12,15H,6-8H2,1H3,(H,16,17). The minimum Gasteiger partial charge on any atom is -0.348 e. The fourth-order valence-electron chi connectivity index (χ4n) is 2.04. The fourth-order valence-corrected chi connectivity index (χ4v) is 2.04. The Hall–Kier alpha value is -1.42. The first-order chi connectivity index (χ1) is 8.16. The molecule has 17 heavy (non-hydrogen) atoms. The predicted octanol–water partition coefficient (Wildman–Crippen LogP) is 1.55. The van der Waals surface area contributed by atoms with Crippen molar-refractivity contribution in [3.63, 3.8) is 0 Å². The Morgan fingerprint density at radius 1 is 1.41 bits per heavy atom. The highest BCUT2D eigenvalue weighted by atomic mass is 19.1. The number of piperidine rings is 1. The number of hydrogen-bond donors (Lipinski definition) is 2. The molecule has 1 heterocycles. The highest BCUT2D eigenvalue weighted by Crippen LogP contribution is 2.12. The molecular weight excluding hydrogens is 219 g/mol. The maximum Gasteiger partial charge on any atom is 0.251 e. The minimum atomic E-state index is -0.325. The Morgan fingerprint density at radius 2 is 2.12 bits per heavy atom. The summed E-state index contributed by atoms with van der Waals surface area (Å²) in [5, 5.41) is 6.24. The van der Waals surface area contributed by atoms with Crippen LogP contribution < -0.4 is 10.6 Å². The second kappa shape index (κ2) is 5.27. The maximum atomic E-state index is 12.7. The van der Waals surface area contributed by atoms with Gasteiger partial charge in [0.2, 0.25) is 0 Å². The number of rotatable bonds is 2. The van der Waals surface area contributed by atoms with Crippen molar-refractivity contribution in [2.45, 2.75) is 19.4 Å². The van der Waals surface area contributed by atoms with Crippen LogP contribution in [0.25, 0.3) is 0 Å². The van der Waals surface area contributed by atoms with Gasteiger partial charge in [-0.1, -0.05) is 6.92 Å². The molecular formula is C13H17FN2O. The summed E-state index contributed by atoms with van der Waals surface area (Å²) in [5.74, 6) is 0.0143. The molecule has 1 aromatic rings. The van der Waals surface area contributed by atoms with Gasteiger partial charge in [0.25, 0.3) is 5.91 Å². The van der Waals surface area contributed by atoms with Crippen molar-refractivity contribution < 1.29 is 9.18 Å². The van der Waals surface area contributed by atoms with Crippen LogP contribution in [0.1, 0.15) is 23.7 Å². The van der Waals surface area contributed by atoms with Gasteiger partial charge < -0.3 is 10.6 Å². The van der Waals surface area contributed by atoms with E-state index >= 15 is 0 Å². The van der Waals surface area contributed by atoms with Crippen LogP contribution in [0.4, 0.5) is 4.39 Å². The van der Waals surface area contributed by atoms with E-state index in [1.165, 1.54) is 24.3 Å². The Bertz CT molecular complexity index is 391. The first-order valence-electron chi connectivity index (χ1n) is 5.94. The molecule has 1 saturated heterocycles. The second-order valence-electron chi connectivity index (χ2n) is 4.56. The monoisotopic (exact) mass is 236 g/mol. The van der Waals surface area contributed by atoms with Gasteiger partial charge in [-0.15, -0.1) is 0 Å². The molecule has 1 aliphatic rings. The van der Waals surface area contributed by atoms with Crippen LogP contribution in [-0.4, -0.2) is 25.0 Å². The van der Waals surface area contributed by atoms with Gasteiger partial charge in [-0.2, -0.15) is 0 Å². The lowest BCUT2D eigenvalue weighted by Crippen LogP contribution is -2.50. The second-order valence-corrected chi connectivity index (χ2v) is 4.56. The first kappa shape index (κ1) is 12.0. The number of benzene rings is 1. The minimum absolute atomic E-state index is 0.134. The van der Waals surface area contributed by atoms with E-state index < -0.39 is 0 Å². The lowest BCUT2D eigenvalue weighted by Gasteiger charge is -2.30. The van der Waals surface area contributed by atoms with Crippen molar-refractivity contribution in [3.8, 4) is 0 Å². The van der Waals surface area contributed by atoms with Gasteiger partial charge in [0, 0.05) is 18.2 Å². The number of carbonyl (C=O) groups excluding carboxylic acids is 1. The van der Waals surface area contributed by atoms with Gasteiger partial charge in [0.1, 0.15) is 5.82 Å². The van der Waals surface area contributed by atoms with Crippen LogP contribution in [0.15, 0.2) is 24.3 Å². The first-order valence-corrected chi connectivity index (χ1v) is 5.94. The number of amides is 1. The molecule has 0 aromatic heterocycles. The van der Waals surface area contributed by atoms with E-state index in [4.69, 9.17) is 0 Å². The number of carbonyl (C=O) groups is 1. The molecule has 0 radical (unpaired) electrons. The van der Waals surface area contributed by atoms with Gasteiger partial charge in [-0.05, 0) is 43.1 Å². The van der Waals surface area contributed by atoms with E-state index in [0.717, 1.165) is 19.5 Å². The van der Waals surface area contributed by atoms with Gasteiger partial charge in [-0.25, -0.2) is 4.39 Å². The van der Waals surface area contributed by atoms with Crippen LogP contribution in [-0.2, 0) is 0 Å². The highest BCUT2D eigenvalue weighted by molar-refractivity contribution is 5.94. The molecule has 92 valence electrons. The Kier molecular flexibility index (Phi) is 3.74. The molecule has 4 heteroatoms. The average molecular weight is 236 g/mol. The average Bonchev–Trinajstić information content (AvgIpc) is 2.33. The molecule has 2 unspecified atom stereocenters. The van der Waals surface area contributed by atoms with Crippen LogP contribution in [0.2, 0.25) is 0 Å². The summed E-state index contributed by atoms with van der Waals surface area (Å²) in [7, 11) is 0. The topological polar surface area (TPSA) is 41.1 Å². The number of halogens is 1. The van der Waals surface area contributed by atoms with Crippen LogP contribution >= 0.6 is 0 Å². The van der Waals surface area contributed by atoms with Crippen molar-refractivity contribution in [1.29, 1.82) is 0 Å². The van der Waals surface area contributed by atoms with Crippen LogP contribution in [0.3, 0.4) is 0 Å². The quantitative estimate of drug-likeness (QED) is 0.818. The van der Waals surface area contributed by atoms with E-state index in [1.807, 2.05) is 0 Å². The highest BCUT2D eigenvalue weighted by Gasteiger charge is 2.22. The molecule has 1 fully saturated rings. The van der Waals surface area contributed by atoms with E-state index in [1.54, 1.807) is 0 Å². The number of hydrogen-bond acceptors (Lipinski definition) is 2. The molecule has 1 aromatic carbocycles. The van der Waals surface area contributed by atoms with Crippen LogP contribution in [0, 0.1) is 11.7 Å². The molecule has 1 amide bonds. The van der Waals surface area contributed by atoms with E-state index in [2.05, 4.69) is 17.6 Å². The maximum absolute atomic E-state index is 12.7. The van der Waals surface area contributed by atoms with Crippen molar-refractivity contribution in [2.24, 2.45) is 5.92 Å². The number of nitrogens with one attached hydrogen (secondary N) is 2. The van der Waals surface area contributed by atoms with Crippen LogP contribution in [0.5, 0.6) is 0 Å². The summed E-state index contributed by atoms with van der Waals surface area (Å²) >= 11 is 0. The zero-order valence-electron chi connectivity index (χ0n) is 9.87. The summed E-state index contributed by atoms with van der Waals surface area (Å²) in [6.07, 6.45) is 1.06. The van der Waals surface area contributed by atoms with E-state index in [9.17, 15) is 9.18 Å². The molecule has 0 spiro atoms. The Labute approximate surface area is 100 Å². The molecule has 2 atom stereocenters. The summed E-state index contributed by atoms with van der Waals surface area (Å²) in [6.45, 7) is 3.94. The predicted molar refractivity (Wildman–Crippen MR) is 64.3 cm³/mol. The van der Waals surface area contributed by atoms with Crippen molar-refractivity contribution in [3.05, 3.63) is 35.6 Å². The summed E-state index contributed by atoms with van der Waals surface area (Å²) in [6, 6.07) is 5.77. The van der Waals surface area contributed by atoms with E-state index in [-0.39, 0.29) is 17.8 Å². The Morgan fingerprint density at radius 3 is 2.76 bits per heavy atom. The summed E-state index contributed by atoms with van der Waals surface area (Å²) in [5.41, 5.74) is 0.504. The van der Waals surface area contributed by atoms with Gasteiger partial charge in [0.05, 0.1) is 0 Å². The smallest absolute Gasteiger partial charge is 0.251 e. The third-order valence-corrected chi connectivity index (χ3v) is 3.25. The molecule has 0 saturated carbocycles. The van der Waals surface area contributed by atoms with Crippen molar-refractivity contribution >= 4 is 5.91 Å². The normalized spacial score (nSPS) is 24.4. The third kappa shape index (κ3) is 3.03. The fraction of sp³-hybridized carbons (Fsp3) is 0.462. The summed E-state index contributed by atoms with van der Waals surface area (Å²) < 4.78 is 12.7. The Balaban J connectivity index is 1.98. The third-order valence-electron chi connectivity index (χ3n) is 3.25. The SMILES string of the molecule is CC1CCNCC1NC(=O)c1ccc(F)cc1. The largest absolute Gasteiger partial charge is 0.348 e. The van der Waals surface area contributed by atoms with Crippen molar-refractivity contribution in [1.82, 2.24) is 10.6 Å². The molecule has 1 aliphatic heterocycles. The zero-order chi connectivity index (χ0) is 12.3. The van der Waals surface area contributed by atoms with Gasteiger partial charge >= 0.3 is 0 Å². The molecule has 2 N–H and O–H groups in total. The zero-order valence-corrected chi connectivity index (χ0v) is 9.87. The molecule has 0 bridgehead atoms. The molecule has 2 rings (SSSR count). The molecule has 0 aliphatic carbocycles.